The highest BCUT2D eigenvalue weighted by molar-refractivity contribution is 5.77. The van der Waals surface area contributed by atoms with Crippen LogP contribution < -0.4 is 5.32 Å². The SMILES string of the molecule is CNCC1CCCN(C(=O)CC2CCCc3ccccc32)C1. The third-order valence-electron chi connectivity index (χ3n) is 5.28. The zero-order valence-electron chi connectivity index (χ0n) is 13.7. The second-order valence-corrected chi connectivity index (χ2v) is 6.90. The van der Waals surface area contributed by atoms with Crippen LogP contribution in [0.4, 0.5) is 0 Å². The molecule has 0 radical (unpaired) electrons. The molecule has 0 spiro atoms. The molecular formula is C19H28N2O. The van der Waals surface area contributed by atoms with Crippen molar-refractivity contribution in [2.24, 2.45) is 5.92 Å². The van der Waals surface area contributed by atoms with Crippen molar-refractivity contribution in [3.05, 3.63) is 35.4 Å². The van der Waals surface area contributed by atoms with Gasteiger partial charge in [-0.3, -0.25) is 4.79 Å². The highest BCUT2D eigenvalue weighted by Crippen LogP contribution is 2.34. The second kappa shape index (κ2) is 7.28. The maximum absolute atomic E-state index is 12.7. The summed E-state index contributed by atoms with van der Waals surface area (Å²) in [4.78, 5) is 14.8. The molecule has 0 bridgehead atoms. The topological polar surface area (TPSA) is 32.3 Å². The van der Waals surface area contributed by atoms with E-state index >= 15 is 0 Å². The van der Waals surface area contributed by atoms with Crippen molar-refractivity contribution in [2.45, 2.75) is 44.4 Å². The Morgan fingerprint density at radius 1 is 1.27 bits per heavy atom. The molecule has 1 heterocycles. The zero-order chi connectivity index (χ0) is 15.4. The van der Waals surface area contributed by atoms with Crippen molar-refractivity contribution in [2.75, 3.05) is 26.7 Å². The van der Waals surface area contributed by atoms with Gasteiger partial charge in [-0.25, -0.2) is 0 Å². The molecular weight excluding hydrogens is 272 g/mol. The Labute approximate surface area is 134 Å². The van der Waals surface area contributed by atoms with Crippen molar-refractivity contribution in [1.82, 2.24) is 10.2 Å². The lowest BCUT2D eigenvalue weighted by Crippen LogP contribution is -2.43. The van der Waals surface area contributed by atoms with E-state index in [4.69, 9.17) is 0 Å². The lowest BCUT2D eigenvalue weighted by Gasteiger charge is -2.34. The maximum Gasteiger partial charge on any atom is 0.223 e. The van der Waals surface area contributed by atoms with E-state index in [1.54, 1.807) is 0 Å². The van der Waals surface area contributed by atoms with Crippen LogP contribution in [0, 0.1) is 5.92 Å². The van der Waals surface area contributed by atoms with Crippen LogP contribution in [0.1, 0.15) is 49.1 Å². The van der Waals surface area contributed by atoms with Crippen LogP contribution >= 0.6 is 0 Å². The second-order valence-electron chi connectivity index (χ2n) is 6.90. The summed E-state index contributed by atoms with van der Waals surface area (Å²) in [5, 5.41) is 3.25. The molecule has 2 unspecified atom stereocenters. The van der Waals surface area contributed by atoms with Crippen LogP contribution in [0.15, 0.2) is 24.3 Å². The average molecular weight is 300 g/mol. The van der Waals surface area contributed by atoms with Crippen molar-refractivity contribution < 1.29 is 4.79 Å². The summed E-state index contributed by atoms with van der Waals surface area (Å²) in [6.45, 7) is 2.91. The molecule has 120 valence electrons. The minimum atomic E-state index is 0.363. The molecule has 1 aromatic carbocycles. The van der Waals surface area contributed by atoms with Gasteiger partial charge >= 0.3 is 0 Å². The molecule has 2 aliphatic rings. The number of nitrogens with zero attached hydrogens (tertiary/aromatic N) is 1. The van der Waals surface area contributed by atoms with Crippen LogP contribution in [-0.2, 0) is 11.2 Å². The summed E-state index contributed by atoms with van der Waals surface area (Å²) in [5.41, 5.74) is 2.88. The van der Waals surface area contributed by atoms with Gasteiger partial charge in [0.25, 0.3) is 0 Å². The maximum atomic E-state index is 12.7. The van der Waals surface area contributed by atoms with E-state index in [9.17, 15) is 4.79 Å². The van der Waals surface area contributed by atoms with Crippen molar-refractivity contribution >= 4 is 5.91 Å². The van der Waals surface area contributed by atoms with E-state index in [0.29, 0.717) is 24.2 Å². The molecule has 1 saturated heterocycles. The quantitative estimate of drug-likeness (QED) is 0.927. The first-order valence-electron chi connectivity index (χ1n) is 8.78. The Kier molecular flexibility index (Phi) is 5.14. The van der Waals surface area contributed by atoms with E-state index in [1.165, 1.54) is 30.4 Å². The highest BCUT2D eigenvalue weighted by atomic mass is 16.2. The fraction of sp³-hybridized carbons (Fsp3) is 0.632. The van der Waals surface area contributed by atoms with Gasteiger partial charge in [0, 0.05) is 19.5 Å². The van der Waals surface area contributed by atoms with Crippen LogP contribution in [0.2, 0.25) is 0 Å². The molecule has 2 atom stereocenters. The predicted octanol–water partition coefficient (Wildman–Crippen LogP) is 2.95. The van der Waals surface area contributed by atoms with Crippen molar-refractivity contribution in [3.8, 4) is 0 Å². The molecule has 3 heteroatoms. The first-order valence-corrected chi connectivity index (χ1v) is 8.78. The number of rotatable bonds is 4. The number of hydrogen-bond donors (Lipinski definition) is 1. The number of amides is 1. The van der Waals surface area contributed by atoms with Gasteiger partial charge in [0.2, 0.25) is 5.91 Å². The number of carbonyl (C=O) groups excluding carboxylic acids is 1. The number of hydrogen-bond acceptors (Lipinski definition) is 2. The molecule has 1 N–H and O–H groups in total. The summed E-state index contributed by atoms with van der Waals surface area (Å²) in [6, 6.07) is 8.70. The number of carbonyl (C=O) groups is 1. The number of benzene rings is 1. The third kappa shape index (κ3) is 3.52. The summed E-state index contributed by atoms with van der Waals surface area (Å²) < 4.78 is 0. The normalized spacial score (nSPS) is 24.9. The van der Waals surface area contributed by atoms with Crippen LogP contribution in [-0.4, -0.2) is 37.5 Å². The number of aryl methyl sites for hydroxylation is 1. The Morgan fingerprint density at radius 2 is 2.14 bits per heavy atom. The molecule has 1 amide bonds. The van der Waals surface area contributed by atoms with E-state index < -0.39 is 0 Å². The van der Waals surface area contributed by atoms with E-state index in [2.05, 4.69) is 34.5 Å². The van der Waals surface area contributed by atoms with Gasteiger partial charge in [-0.2, -0.15) is 0 Å². The van der Waals surface area contributed by atoms with Gasteiger partial charge < -0.3 is 10.2 Å². The average Bonchev–Trinajstić information content (AvgIpc) is 2.56. The fourth-order valence-electron chi connectivity index (χ4n) is 4.15. The third-order valence-corrected chi connectivity index (χ3v) is 5.28. The Bertz CT molecular complexity index is 512. The minimum Gasteiger partial charge on any atom is -0.342 e. The Morgan fingerprint density at radius 3 is 3.00 bits per heavy atom. The molecule has 3 nitrogen and oxygen atoms in total. The van der Waals surface area contributed by atoms with Crippen LogP contribution in [0.25, 0.3) is 0 Å². The molecule has 1 aromatic rings. The Balaban J connectivity index is 1.62. The molecule has 0 saturated carbocycles. The summed E-state index contributed by atoms with van der Waals surface area (Å²) >= 11 is 0. The van der Waals surface area contributed by atoms with Gasteiger partial charge in [-0.1, -0.05) is 24.3 Å². The molecule has 3 rings (SSSR count). The lowest BCUT2D eigenvalue weighted by molar-refractivity contribution is -0.133. The summed E-state index contributed by atoms with van der Waals surface area (Å²) in [7, 11) is 2.00. The largest absolute Gasteiger partial charge is 0.342 e. The smallest absolute Gasteiger partial charge is 0.223 e. The van der Waals surface area contributed by atoms with Gasteiger partial charge in [0.1, 0.15) is 0 Å². The van der Waals surface area contributed by atoms with Gasteiger partial charge in [-0.15, -0.1) is 0 Å². The first kappa shape index (κ1) is 15.5. The zero-order valence-corrected chi connectivity index (χ0v) is 13.7. The predicted molar refractivity (Wildman–Crippen MR) is 90.0 cm³/mol. The first-order chi connectivity index (χ1) is 10.8. The molecule has 22 heavy (non-hydrogen) atoms. The molecule has 1 aliphatic heterocycles. The van der Waals surface area contributed by atoms with E-state index in [0.717, 1.165) is 32.5 Å². The number of nitrogens with one attached hydrogen (secondary N) is 1. The summed E-state index contributed by atoms with van der Waals surface area (Å²) in [5.74, 6) is 1.42. The number of piperidine rings is 1. The number of fused-ring (bicyclic) bond motifs is 1. The number of likely N-dealkylation sites (tertiary alicyclic amines) is 1. The molecule has 1 fully saturated rings. The van der Waals surface area contributed by atoms with Gasteiger partial charge in [0.05, 0.1) is 0 Å². The van der Waals surface area contributed by atoms with Crippen molar-refractivity contribution in [1.29, 1.82) is 0 Å². The van der Waals surface area contributed by atoms with Gasteiger partial charge in [0.15, 0.2) is 0 Å². The van der Waals surface area contributed by atoms with Crippen LogP contribution in [0.3, 0.4) is 0 Å². The van der Waals surface area contributed by atoms with E-state index in [1.807, 2.05) is 7.05 Å². The minimum absolute atomic E-state index is 0.363. The standard InChI is InChI=1S/C19H28N2O/c1-20-13-15-6-5-11-21(14-15)19(22)12-17-9-4-8-16-7-2-3-10-18(16)17/h2-3,7,10,15,17,20H,4-6,8-9,11-14H2,1H3. The fourth-order valence-corrected chi connectivity index (χ4v) is 4.15. The van der Waals surface area contributed by atoms with Crippen molar-refractivity contribution in [3.63, 3.8) is 0 Å². The monoisotopic (exact) mass is 300 g/mol. The molecule has 1 aliphatic carbocycles. The molecule has 0 aromatic heterocycles. The highest BCUT2D eigenvalue weighted by Gasteiger charge is 2.27. The summed E-state index contributed by atoms with van der Waals surface area (Å²) in [6.07, 6.45) is 6.65. The van der Waals surface area contributed by atoms with E-state index in [-0.39, 0.29) is 0 Å². The lowest BCUT2D eigenvalue weighted by atomic mass is 9.81. The van der Waals surface area contributed by atoms with Gasteiger partial charge in [-0.05, 0) is 68.7 Å². The Hall–Kier alpha value is -1.35. The van der Waals surface area contributed by atoms with Crippen LogP contribution in [0.5, 0.6) is 0 Å².